The van der Waals surface area contributed by atoms with Gasteiger partial charge in [-0.05, 0) is 36.4 Å². The van der Waals surface area contributed by atoms with E-state index < -0.39 is 0 Å². The lowest BCUT2D eigenvalue weighted by Gasteiger charge is -2.09. The number of benzene rings is 2. The van der Waals surface area contributed by atoms with E-state index in [2.05, 4.69) is 10.6 Å². The second-order valence-electron chi connectivity index (χ2n) is 4.32. The smallest absolute Gasteiger partial charge is 0.243 e. The molecule has 2 N–H and O–H groups in total. The first-order valence-electron chi connectivity index (χ1n) is 6.39. The van der Waals surface area contributed by atoms with Crippen molar-refractivity contribution < 1.29 is 9.53 Å². The van der Waals surface area contributed by atoms with Crippen molar-refractivity contribution >= 4 is 17.3 Å². The highest BCUT2D eigenvalue weighted by molar-refractivity contribution is 5.93. The number of anilines is 2. The molecule has 0 saturated heterocycles. The molecular formula is C16H15N3O2. The van der Waals surface area contributed by atoms with Crippen molar-refractivity contribution in [2.75, 3.05) is 24.3 Å². The van der Waals surface area contributed by atoms with Crippen LogP contribution in [0, 0.1) is 11.3 Å². The summed E-state index contributed by atoms with van der Waals surface area (Å²) in [7, 11) is 1.59. The van der Waals surface area contributed by atoms with Gasteiger partial charge in [0.1, 0.15) is 5.75 Å². The number of hydrogen-bond donors (Lipinski definition) is 2. The van der Waals surface area contributed by atoms with Gasteiger partial charge >= 0.3 is 0 Å². The fraction of sp³-hybridized carbons (Fsp3) is 0.125. The summed E-state index contributed by atoms with van der Waals surface area (Å²) in [6.45, 7) is 0.146. The first kappa shape index (κ1) is 14.4. The predicted molar refractivity (Wildman–Crippen MR) is 81.3 cm³/mol. The minimum atomic E-state index is -0.164. The van der Waals surface area contributed by atoms with Crippen LogP contribution in [-0.2, 0) is 4.79 Å². The van der Waals surface area contributed by atoms with Crippen LogP contribution >= 0.6 is 0 Å². The Bertz CT molecular complexity index is 660. The predicted octanol–water partition coefficient (Wildman–Crippen LogP) is 2.62. The van der Waals surface area contributed by atoms with E-state index in [-0.39, 0.29) is 12.5 Å². The molecule has 5 heteroatoms. The van der Waals surface area contributed by atoms with E-state index in [1.54, 1.807) is 31.4 Å². The molecule has 2 aromatic rings. The Balaban J connectivity index is 1.88. The van der Waals surface area contributed by atoms with Gasteiger partial charge in [-0.3, -0.25) is 4.79 Å². The zero-order valence-electron chi connectivity index (χ0n) is 11.6. The van der Waals surface area contributed by atoms with Crippen molar-refractivity contribution in [2.45, 2.75) is 0 Å². The molecule has 5 nitrogen and oxygen atoms in total. The van der Waals surface area contributed by atoms with Gasteiger partial charge in [-0.25, -0.2) is 0 Å². The molecule has 0 radical (unpaired) electrons. The van der Waals surface area contributed by atoms with Crippen LogP contribution in [0.15, 0.2) is 48.5 Å². The Morgan fingerprint density at radius 2 is 1.95 bits per heavy atom. The molecule has 0 aromatic heterocycles. The molecular weight excluding hydrogens is 266 g/mol. The molecule has 0 aliphatic rings. The minimum absolute atomic E-state index is 0.146. The van der Waals surface area contributed by atoms with Crippen LogP contribution < -0.4 is 15.4 Å². The second-order valence-corrected chi connectivity index (χ2v) is 4.32. The summed E-state index contributed by atoms with van der Waals surface area (Å²) in [6, 6.07) is 16.1. The van der Waals surface area contributed by atoms with E-state index in [0.717, 1.165) is 11.4 Å². The third-order valence-electron chi connectivity index (χ3n) is 2.82. The first-order chi connectivity index (χ1) is 10.2. The van der Waals surface area contributed by atoms with Crippen LogP contribution in [0.5, 0.6) is 5.75 Å². The molecule has 0 spiro atoms. The van der Waals surface area contributed by atoms with Gasteiger partial charge in [0.2, 0.25) is 5.91 Å². The van der Waals surface area contributed by atoms with Crippen molar-refractivity contribution in [3.63, 3.8) is 0 Å². The highest BCUT2D eigenvalue weighted by Gasteiger charge is 2.03. The van der Waals surface area contributed by atoms with Gasteiger partial charge < -0.3 is 15.4 Å². The van der Waals surface area contributed by atoms with E-state index in [1.165, 1.54) is 0 Å². The molecule has 0 bridgehead atoms. The molecule has 1 amide bonds. The number of ether oxygens (including phenoxy) is 1. The summed E-state index contributed by atoms with van der Waals surface area (Å²) in [5.74, 6) is 0.565. The average Bonchev–Trinajstić information content (AvgIpc) is 2.54. The van der Waals surface area contributed by atoms with E-state index in [0.29, 0.717) is 11.3 Å². The van der Waals surface area contributed by atoms with Gasteiger partial charge in [0.05, 0.1) is 25.3 Å². The highest BCUT2D eigenvalue weighted by atomic mass is 16.5. The Labute approximate surface area is 123 Å². The fourth-order valence-electron chi connectivity index (χ4n) is 1.75. The number of hydrogen-bond acceptors (Lipinski definition) is 4. The molecule has 0 heterocycles. The van der Waals surface area contributed by atoms with Crippen LogP contribution in [0.3, 0.4) is 0 Å². The molecule has 0 saturated carbocycles. The second kappa shape index (κ2) is 6.96. The van der Waals surface area contributed by atoms with Crippen molar-refractivity contribution in [2.24, 2.45) is 0 Å². The maximum Gasteiger partial charge on any atom is 0.243 e. The molecule has 0 aliphatic carbocycles. The number of methoxy groups -OCH3 is 1. The fourth-order valence-corrected chi connectivity index (χ4v) is 1.75. The van der Waals surface area contributed by atoms with E-state index in [1.807, 2.05) is 30.3 Å². The third-order valence-corrected chi connectivity index (χ3v) is 2.82. The summed E-state index contributed by atoms with van der Waals surface area (Å²) < 4.78 is 5.11. The quantitative estimate of drug-likeness (QED) is 0.883. The van der Waals surface area contributed by atoms with Gasteiger partial charge in [0.15, 0.2) is 0 Å². The maximum absolute atomic E-state index is 11.8. The molecule has 2 rings (SSSR count). The Morgan fingerprint density at radius 1 is 1.19 bits per heavy atom. The maximum atomic E-state index is 11.8. The van der Waals surface area contributed by atoms with Crippen molar-refractivity contribution in [1.29, 1.82) is 5.26 Å². The lowest BCUT2D eigenvalue weighted by molar-refractivity contribution is -0.114. The van der Waals surface area contributed by atoms with Gasteiger partial charge in [-0.1, -0.05) is 6.07 Å². The summed E-state index contributed by atoms with van der Waals surface area (Å²) in [5.41, 5.74) is 2.03. The molecule has 2 aromatic carbocycles. The largest absolute Gasteiger partial charge is 0.497 e. The summed E-state index contributed by atoms with van der Waals surface area (Å²) >= 11 is 0. The lowest BCUT2D eigenvalue weighted by atomic mass is 10.2. The van der Waals surface area contributed by atoms with Gasteiger partial charge in [0.25, 0.3) is 0 Å². The van der Waals surface area contributed by atoms with Crippen LogP contribution in [0.1, 0.15) is 5.56 Å². The van der Waals surface area contributed by atoms with Crippen LogP contribution in [-0.4, -0.2) is 19.6 Å². The highest BCUT2D eigenvalue weighted by Crippen LogP contribution is 2.16. The monoisotopic (exact) mass is 281 g/mol. The Kier molecular flexibility index (Phi) is 4.78. The minimum Gasteiger partial charge on any atom is -0.497 e. The van der Waals surface area contributed by atoms with Crippen LogP contribution in [0.2, 0.25) is 0 Å². The number of amides is 1. The Hall–Kier alpha value is -3.00. The number of nitriles is 1. The van der Waals surface area contributed by atoms with Crippen molar-refractivity contribution in [3.8, 4) is 11.8 Å². The van der Waals surface area contributed by atoms with Gasteiger partial charge in [-0.15, -0.1) is 0 Å². The number of rotatable bonds is 5. The molecule has 0 unspecified atom stereocenters. The van der Waals surface area contributed by atoms with E-state index in [4.69, 9.17) is 10.00 Å². The standard InChI is InChI=1S/C16H15N3O2/c1-21-15-4-2-3-14(9-15)18-11-16(20)19-13-7-5-12(10-17)6-8-13/h2-9,18H,11H2,1H3,(H,19,20). The lowest BCUT2D eigenvalue weighted by Crippen LogP contribution is -2.21. The summed E-state index contributed by atoms with van der Waals surface area (Å²) in [4.78, 5) is 11.8. The topological polar surface area (TPSA) is 74.2 Å². The van der Waals surface area contributed by atoms with E-state index in [9.17, 15) is 4.79 Å². The van der Waals surface area contributed by atoms with E-state index >= 15 is 0 Å². The molecule has 0 fully saturated rings. The van der Waals surface area contributed by atoms with Gasteiger partial charge in [-0.2, -0.15) is 5.26 Å². The van der Waals surface area contributed by atoms with Crippen LogP contribution in [0.25, 0.3) is 0 Å². The molecule has 0 atom stereocenters. The number of nitrogens with zero attached hydrogens (tertiary/aromatic N) is 1. The average molecular weight is 281 g/mol. The SMILES string of the molecule is COc1cccc(NCC(=O)Nc2ccc(C#N)cc2)c1. The third kappa shape index (κ3) is 4.25. The van der Waals surface area contributed by atoms with Crippen LogP contribution in [0.4, 0.5) is 11.4 Å². The van der Waals surface area contributed by atoms with Gasteiger partial charge in [0, 0.05) is 17.4 Å². The van der Waals surface area contributed by atoms with Crippen molar-refractivity contribution in [1.82, 2.24) is 0 Å². The molecule has 21 heavy (non-hydrogen) atoms. The number of carbonyl (C=O) groups is 1. The summed E-state index contributed by atoms with van der Waals surface area (Å²) in [5, 5.41) is 14.5. The first-order valence-corrected chi connectivity index (χ1v) is 6.39. The molecule has 0 aliphatic heterocycles. The Morgan fingerprint density at radius 3 is 2.62 bits per heavy atom. The number of nitrogens with one attached hydrogen (secondary N) is 2. The molecule has 106 valence electrons. The van der Waals surface area contributed by atoms with Crippen molar-refractivity contribution in [3.05, 3.63) is 54.1 Å². The number of carbonyl (C=O) groups excluding carboxylic acids is 1. The zero-order chi connectivity index (χ0) is 15.1. The summed E-state index contributed by atoms with van der Waals surface area (Å²) in [6.07, 6.45) is 0. The normalized spacial score (nSPS) is 9.52. The zero-order valence-corrected chi connectivity index (χ0v) is 11.6.